The van der Waals surface area contributed by atoms with Gasteiger partial charge in [-0.05, 0) is 30.7 Å². The molecule has 6 heteroatoms. The molecular formula is C16H19N5O. The topological polar surface area (TPSA) is 77.5 Å². The third-order valence-corrected chi connectivity index (χ3v) is 3.52. The van der Waals surface area contributed by atoms with Crippen LogP contribution in [0.1, 0.15) is 19.0 Å². The molecule has 6 nitrogen and oxygen atoms in total. The van der Waals surface area contributed by atoms with E-state index in [1.807, 2.05) is 36.4 Å². The molecule has 0 radical (unpaired) electrons. The Bertz CT molecular complexity index is 779. The number of nitrogens with one attached hydrogen (secondary N) is 1. The molecule has 0 spiro atoms. The highest BCUT2D eigenvalue weighted by atomic mass is 16.5. The number of fused-ring (bicyclic) bond motifs is 1. The van der Waals surface area contributed by atoms with E-state index in [4.69, 9.17) is 10.6 Å². The van der Waals surface area contributed by atoms with Gasteiger partial charge in [-0.25, -0.2) is 10.8 Å². The third-order valence-electron chi connectivity index (χ3n) is 3.52. The Labute approximate surface area is 128 Å². The van der Waals surface area contributed by atoms with Crippen LogP contribution in [-0.4, -0.2) is 21.7 Å². The second kappa shape index (κ2) is 6.03. The predicted molar refractivity (Wildman–Crippen MR) is 86.8 cm³/mol. The van der Waals surface area contributed by atoms with Gasteiger partial charge in [-0.2, -0.15) is 9.61 Å². The number of nitrogens with two attached hydrogens (primary N) is 1. The summed E-state index contributed by atoms with van der Waals surface area (Å²) in [6.07, 6.45) is 1.95. The van der Waals surface area contributed by atoms with Crippen molar-refractivity contribution in [3.05, 3.63) is 42.1 Å². The van der Waals surface area contributed by atoms with Gasteiger partial charge in [0.15, 0.2) is 5.65 Å². The normalized spacial score (nSPS) is 10.9. The first-order valence-electron chi connectivity index (χ1n) is 7.26. The van der Waals surface area contributed by atoms with E-state index in [9.17, 15) is 0 Å². The zero-order valence-electron chi connectivity index (χ0n) is 12.7. The van der Waals surface area contributed by atoms with Gasteiger partial charge < -0.3 is 10.2 Å². The number of nitrogen functional groups attached to an aromatic ring is 1. The molecule has 3 aromatic rings. The minimum Gasteiger partial charge on any atom is -0.497 e. The van der Waals surface area contributed by atoms with E-state index in [1.165, 1.54) is 0 Å². The van der Waals surface area contributed by atoms with E-state index in [2.05, 4.69) is 22.4 Å². The molecule has 0 saturated carbocycles. The van der Waals surface area contributed by atoms with Gasteiger partial charge >= 0.3 is 0 Å². The average molecular weight is 297 g/mol. The van der Waals surface area contributed by atoms with Gasteiger partial charge in [0.2, 0.25) is 0 Å². The van der Waals surface area contributed by atoms with Gasteiger partial charge in [0, 0.05) is 23.4 Å². The number of nitrogens with zero attached hydrogens (tertiary/aromatic N) is 3. The summed E-state index contributed by atoms with van der Waals surface area (Å²) in [7, 11) is 1.65. The van der Waals surface area contributed by atoms with Gasteiger partial charge in [0.05, 0.1) is 12.8 Å². The molecule has 0 unspecified atom stereocenters. The minimum absolute atomic E-state index is 0.730. The second-order valence-corrected chi connectivity index (χ2v) is 5.06. The average Bonchev–Trinajstić information content (AvgIpc) is 2.98. The van der Waals surface area contributed by atoms with Crippen LogP contribution in [0, 0.1) is 0 Å². The number of ether oxygens (including phenoxy) is 1. The van der Waals surface area contributed by atoms with Crippen LogP contribution in [0.25, 0.3) is 16.9 Å². The van der Waals surface area contributed by atoms with E-state index in [-0.39, 0.29) is 0 Å². The van der Waals surface area contributed by atoms with Crippen LogP contribution in [0.2, 0.25) is 0 Å². The van der Waals surface area contributed by atoms with Gasteiger partial charge in [-0.15, -0.1) is 0 Å². The number of hydrazine groups is 1. The summed E-state index contributed by atoms with van der Waals surface area (Å²) < 4.78 is 6.90. The molecule has 0 saturated heterocycles. The number of rotatable bonds is 5. The first-order valence-corrected chi connectivity index (χ1v) is 7.26. The highest BCUT2D eigenvalue weighted by Crippen LogP contribution is 2.24. The van der Waals surface area contributed by atoms with Crippen LogP contribution in [0.15, 0.2) is 36.4 Å². The molecule has 0 aliphatic carbocycles. The van der Waals surface area contributed by atoms with Crippen LogP contribution in [-0.2, 0) is 6.42 Å². The number of hydrogen-bond donors (Lipinski definition) is 2. The highest BCUT2D eigenvalue weighted by Gasteiger charge is 2.10. The molecule has 3 N–H and O–H groups in total. The monoisotopic (exact) mass is 297 g/mol. The smallest absolute Gasteiger partial charge is 0.158 e. The van der Waals surface area contributed by atoms with Crippen molar-refractivity contribution in [3.63, 3.8) is 0 Å². The first kappa shape index (κ1) is 14.3. The third kappa shape index (κ3) is 2.60. The van der Waals surface area contributed by atoms with Gasteiger partial charge in [-0.1, -0.05) is 13.3 Å². The van der Waals surface area contributed by atoms with E-state index in [0.717, 1.165) is 47.0 Å². The number of aryl methyl sites for hydroxylation is 1. The summed E-state index contributed by atoms with van der Waals surface area (Å²) in [6, 6.07) is 11.7. The van der Waals surface area contributed by atoms with E-state index in [0.29, 0.717) is 0 Å². The van der Waals surface area contributed by atoms with Gasteiger partial charge in [-0.3, -0.25) is 0 Å². The van der Waals surface area contributed by atoms with E-state index < -0.39 is 0 Å². The van der Waals surface area contributed by atoms with E-state index >= 15 is 0 Å². The number of anilines is 1. The Morgan fingerprint density at radius 1 is 1.23 bits per heavy atom. The fourth-order valence-electron chi connectivity index (χ4n) is 2.42. The van der Waals surface area contributed by atoms with Crippen LogP contribution < -0.4 is 16.0 Å². The maximum atomic E-state index is 5.61. The van der Waals surface area contributed by atoms with Crippen molar-refractivity contribution in [2.24, 2.45) is 5.84 Å². The maximum absolute atomic E-state index is 5.61. The quantitative estimate of drug-likeness (QED) is 0.559. The van der Waals surface area contributed by atoms with Crippen molar-refractivity contribution >= 4 is 11.5 Å². The number of benzene rings is 1. The molecule has 22 heavy (non-hydrogen) atoms. The Hall–Kier alpha value is -2.60. The molecule has 2 aromatic heterocycles. The fourth-order valence-corrected chi connectivity index (χ4v) is 2.42. The van der Waals surface area contributed by atoms with E-state index in [1.54, 1.807) is 11.6 Å². The maximum Gasteiger partial charge on any atom is 0.158 e. The Balaban J connectivity index is 2.07. The zero-order chi connectivity index (χ0) is 15.5. The van der Waals surface area contributed by atoms with Crippen molar-refractivity contribution in [2.45, 2.75) is 19.8 Å². The van der Waals surface area contributed by atoms with Crippen LogP contribution in [0.5, 0.6) is 5.75 Å². The number of hydrogen-bond acceptors (Lipinski definition) is 5. The summed E-state index contributed by atoms with van der Waals surface area (Å²) in [6.45, 7) is 2.13. The molecule has 0 aliphatic heterocycles. The molecule has 0 atom stereocenters. The minimum atomic E-state index is 0.730. The molecule has 0 aliphatic rings. The lowest BCUT2D eigenvalue weighted by atomic mass is 10.1. The molecule has 0 amide bonds. The Kier molecular flexibility index (Phi) is 3.93. The summed E-state index contributed by atoms with van der Waals surface area (Å²) >= 11 is 0. The lowest BCUT2D eigenvalue weighted by molar-refractivity contribution is 0.415. The van der Waals surface area contributed by atoms with Crippen LogP contribution in [0.4, 0.5) is 5.82 Å². The second-order valence-electron chi connectivity index (χ2n) is 5.06. The van der Waals surface area contributed by atoms with Crippen molar-refractivity contribution in [3.8, 4) is 17.0 Å². The van der Waals surface area contributed by atoms with Crippen molar-refractivity contribution in [1.82, 2.24) is 14.6 Å². The molecular weight excluding hydrogens is 278 g/mol. The number of methoxy groups -OCH3 is 1. The summed E-state index contributed by atoms with van der Waals surface area (Å²) in [5.41, 5.74) is 6.33. The fraction of sp³-hybridized carbons (Fsp3) is 0.250. The number of aromatic nitrogens is 3. The molecule has 0 fully saturated rings. The van der Waals surface area contributed by atoms with Crippen LogP contribution >= 0.6 is 0 Å². The highest BCUT2D eigenvalue weighted by molar-refractivity contribution is 5.66. The van der Waals surface area contributed by atoms with Crippen molar-refractivity contribution in [1.29, 1.82) is 0 Å². The van der Waals surface area contributed by atoms with Crippen molar-refractivity contribution in [2.75, 3.05) is 12.5 Å². The van der Waals surface area contributed by atoms with Gasteiger partial charge in [0.1, 0.15) is 11.6 Å². The lowest BCUT2D eigenvalue weighted by Crippen LogP contribution is -2.13. The van der Waals surface area contributed by atoms with Crippen molar-refractivity contribution < 1.29 is 4.74 Å². The zero-order valence-corrected chi connectivity index (χ0v) is 12.7. The lowest BCUT2D eigenvalue weighted by Gasteiger charge is -2.06. The SMILES string of the molecule is CCCc1cc(NN)n2nc(-c3ccc(OC)cc3)cc2n1. The summed E-state index contributed by atoms with van der Waals surface area (Å²) in [5.74, 6) is 7.16. The van der Waals surface area contributed by atoms with Gasteiger partial charge in [0.25, 0.3) is 0 Å². The standard InChI is InChI=1S/C16H19N5O/c1-3-4-12-9-16(19-17)21-15(18-12)10-14(20-21)11-5-7-13(22-2)8-6-11/h5-10,19H,3-4,17H2,1-2H3. The first-order chi connectivity index (χ1) is 10.7. The van der Waals surface area contributed by atoms with Crippen LogP contribution in [0.3, 0.4) is 0 Å². The molecule has 0 bridgehead atoms. The largest absolute Gasteiger partial charge is 0.497 e. The summed E-state index contributed by atoms with van der Waals surface area (Å²) in [5, 5.41) is 4.58. The molecule has 2 heterocycles. The molecule has 3 rings (SSSR count). The molecule has 1 aromatic carbocycles. The predicted octanol–water partition coefficient (Wildman–Crippen LogP) is 2.64. The summed E-state index contributed by atoms with van der Waals surface area (Å²) in [4.78, 5) is 4.63. The Morgan fingerprint density at radius 2 is 2.00 bits per heavy atom. The molecule has 114 valence electrons. The Morgan fingerprint density at radius 3 is 2.64 bits per heavy atom.